The standard InChI is InChI=1S/C16H22N4O2S2.C5H10/c1-5-12(6-2)15-18-16(23-11(3)4)19-20(15)13-7-9-14(10-8-13)24(17,21)22;1-3-5-4-2/h5,7-11H,6H2,1-4H3,(H2,17,21,22);3,5H,4H2,1-2H3/b12-5+;5-3-. The van der Waals surface area contributed by atoms with Gasteiger partial charge in [0.2, 0.25) is 15.2 Å². The van der Waals surface area contributed by atoms with Crippen LogP contribution in [0.1, 0.15) is 60.2 Å². The molecule has 0 amide bonds. The monoisotopic (exact) mass is 436 g/mol. The van der Waals surface area contributed by atoms with Gasteiger partial charge in [-0.2, -0.15) is 0 Å². The maximum atomic E-state index is 11.4. The highest BCUT2D eigenvalue weighted by molar-refractivity contribution is 7.99. The van der Waals surface area contributed by atoms with E-state index in [1.54, 1.807) is 28.6 Å². The Bertz CT molecular complexity index is 928. The Morgan fingerprint density at radius 2 is 1.83 bits per heavy atom. The lowest BCUT2D eigenvalue weighted by atomic mass is 10.2. The minimum Gasteiger partial charge on any atom is -0.225 e. The van der Waals surface area contributed by atoms with Gasteiger partial charge < -0.3 is 0 Å². The van der Waals surface area contributed by atoms with Crippen LogP contribution in [0.25, 0.3) is 11.3 Å². The van der Waals surface area contributed by atoms with E-state index in [0.29, 0.717) is 10.4 Å². The van der Waals surface area contributed by atoms with E-state index >= 15 is 0 Å². The van der Waals surface area contributed by atoms with Crippen LogP contribution < -0.4 is 5.14 Å². The van der Waals surface area contributed by atoms with Crippen molar-refractivity contribution in [3.8, 4) is 5.69 Å². The Balaban J connectivity index is 0.000000749. The summed E-state index contributed by atoms with van der Waals surface area (Å²) in [4.78, 5) is 4.72. The van der Waals surface area contributed by atoms with Gasteiger partial charge in [-0.3, -0.25) is 0 Å². The molecule has 0 fully saturated rings. The Morgan fingerprint density at radius 3 is 2.21 bits per heavy atom. The topological polar surface area (TPSA) is 90.9 Å². The average Bonchev–Trinajstić information content (AvgIpc) is 3.06. The highest BCUT2D eigenvalue weighted by atomic mass is 32.2. The van der Waals surface area contributed by atoms with Crippen LogP contribution in [0.2, 0.25) is 0 Å². The first-order valence-corrected chi connectivity index (χ1v) is 12.1. The minimum atomic E-state index is -3.71. The fourth-order valence-corrected chi connectivity index (χ4v) is 3.65. The number of hydrogen-bond donors (Lipinski definition) is 1. The van der Waals surface area contributed by atoms with Crippen molar-refractivity contribution in [3.05, 3.63) is 48.3 Å². The molecule has 0 aliphatic rings. The summed E-state index contributed by atoms with van der Waals surface area (Å²) < 4.78 is 24.6. The molecule has 0 unspecified atom stereocenters. The number of benzene rings is 1. The summed E-state index contributed by atoms with van der Waals surface area (Å²) in [5.41, 5.74) is 1.82. The Hall–Kier alpha value is -1.90. The second kappa shape index (κ2) is 11.9. The highest BCUT2D eigenvalue weighted by Crippen LogP contribution is 2.26. The molecule has 0 bridgehead atoms. The van der Waals surface area contributed by atoms with Crippen LogP contribution in [-0.2, 0) is 10.0 Å². The maximum absolute atomic E-state index is 11.4. The molecule has 2 N–H and O–H groups in total. The Labute approximate surface area is 179 Å². The third-order valence-corrected chi connectivity index (χ3v) is 5.61. The van der Waals surface area contributed by atoms with Gasteiger partial charge in [-0.25, -0.2) is 23.2 Å². The molecule has 1 aromatic heterocycles. The molecule has 0 spiro atoms. The van der Waals surface area contributed by atoms with Gasteiger partial charge in [0.25, 0.3) is 0 Å². The Morgan fingerprint density at radius 1 is 1.21 bits per heavy atom. The van der Waals surface area contributed by atoms with E-state index in [2.05, 4.69) is 49.9 Å². The lowest BCUT2D eigenvalue weighted by Crippen LogP contribution is -2.12. The molecule has 0 aliphatic carbocycles. The zero-order valence-electron chi connectivity index (χ0n) is 18.1. The van der Waals surface area contributed by atoms with Crippen molar-refractivity contribution in [2.75, 3.05) is 0 Å². The molecule has 2 rings (SSSR count). The number of nitrogens with two attached hydrogens (primary N) is 1. The summed E-state index contributed by atoms with van der Waals surface area (Å²) in [6.45, 7) is 12.4. The molecule has 0 aliphatic heterocycles. The molecule has 2 aromatic rings. The molecule has 8 heteroatoms. The van der Waals surface area contributed by atoms with Crippen molar-refractivity contribution >= 4 is 27.4 Å². The smallest absolute Gasteiger partial charge is 0.225 e. The number of rotatable bonds is 7. The molecule has 29 heavy (non-hydrogen) atoms. The number of primary sulfonamides is 1. The average molecular weight is 437 g/mol. The van der Waals surface area contributed by atoms with E-state index in [1.165, 1.54) is 12.1 Å². The molecule has 0 atom stereocenters. The SMILES string of the molecule is C/C=C(\CC)c1nc(SC(C)C)nn1-c1ccc(S(N)(=O)=O)cc1.C/C=C\CC. The molecule has 0 radical (unpaired) electrons. The van der Waals surface area contributed by atoms with Crippen LogP contribution in [0.3, 0.4) is 0 Å². The van der Waals surface area contributed by atoms with E-state index < -0.39 is 10.0 Å². The molecule has 0 saturated heterocycles. The molecular formula is C21H32N4O2S2. The van der Waals surface area contributed by atoms with E-state index in [1.807, 2.05) is 19.9 Å². The number of sulfonamides is 1. The van der Waals surface area contributed by atoms with E-state index in [9.17, 15) is 8.42 Å². The number of nitrogens with zero attached hydrogens (tertiary/aromatic N) is 3. The van der Waals surface area contributed by atoms with Crippen molar-refractivity contribution in [1.82, 2.24) is 14.8 Å². The highest BCUT2D eigenvalue weighted by Gasteiger charge is 2.16. The fraction of sp³-hybridized carbons (Fsp3) is 0.429. The van der Waals surface area contributed by atoms with E-state index in [-0.39, 0.29) is 4.90 Å². The van der Waals surface area contributed by atoms with Gasteiger partial charge in [-0.1, -0.05) is 57.7 Å². The number of hydrogen-bond acceptors (Lipinski definition) is 5. The summed E-state index contributed by atoms with van der Waals surface area (Å²) in [6.07, 6.45) is 8.19. The normalized spacial score (nSPS) is 12.3. The molecular weight excluding hydrogens is 404 g/mol. The summed E-state index contributed by atoms with van der Waals surface area (Å²) in [5.74, 6) is 0.770. The lowest BCUT2D eigenvalue weighted by Gasteiger charge is -2.08. The summed E-state index contributed by atoms with van der Waals surface area (Å²) in [5, 5.41) is 10.8. The first kappa shape index (κ1) is 25.1. The maximum Gasteiger partial charge on any atom is 0.238 e. The van der Waals surface area contributed by atoms with Crippen LogP contribution in [0.15, 0.2) is 52.5 Å². The summed E-state index contributed by atoms with van der Waals surface area (Å²) in [7, 11) is -3.71. The number of thioether (sulfide) groups is 1. The minimum absolute atomic E-state index is 0.0754. The van der Waals surface area contributed by atoms with Crippen LogP contribution in [0, 0.1) is 0 Å². The lowest BCUT2D eigenvalue weighted by molar-refractivity contribution is 0.598. The third-order valence-electron chi connectivity index (χ3n) is 3.83. The molecule has 160 valence electrons. The molecule has 1 aromatic carbocycles. The van der Waals surface area contributed by atoms with E-state index in [4.69, 9.17) is 5.14 Å². The Kier molecular flexibility index (Phi) is 10.4. The van der Waals surface area contributed by atoms with Gasteiger partial charge in [-0.05, 0) is 56.5 Å². The van der Waals surface area contributed by atoms with Gasteiger partial charge in [-0.15, -0.1) is 5.10 Å². The van der Waals surface area contributed by atoms with Crippen LogP contribution >= 0.6 is 11.8 Å². The molecule has 1 heterocycles. The van der Waals surface area contributed by atoms with Gasteiger partial charge in [0, 0.05) is 5.25 Å². The van der Waals surface area contributed by atoms with E-state index in [0.717, 1.165) is 29.9 Å². The van der Waals surface area contributed by atoms with Gasteiger partial charge in [0.05, 0.1) is 10.6 Å². The first-order valence-electron chi connectivity index (χ1n) is 9.71. The predicted molar refractivity (Wildman–Crippen MR) is 123 cm³/mol. The van der Waals surface area contributed by atoms with Crippen molar-refractivity contribution in [3.63, 3.8) is 0 Å². The van der Waals surface area contributed by atoms with Crippen LogP contribution in [-0.4, -0.2) is 28.4 Å². The third kappa shape index (κ3) is 7.79. The van der Waals surface area contributed by atoms with Crippen molar-refractivity contribution in [1.29, 1.82) is 0 Å². The molecule has 6 nitrogen and oxygen atoms in total. The zero-order chi connectivity index (χ0) is 22.0. The largest absolute Gasteiger partial charge is 0.238 e. The van der Waals surface area contributed by atoms with Gasteiger partial charge >= 0.3 is 0 Å². The van der Waals surface area contributed by atoms with Crippen molar-refractivity contribution in [2.45, 2.75) is 69.7 Å². The van der Waals surface area contributed by atoms with Gasteiger partial charge in [0.15, 0.2) is 5.82 Å². The van der Waals surface area contributed by atoms with Crippen molar-refractivity contribution < 1.29 is 8.42 Å². The number of aromatic nitrogens is 3. The second-order valence-electron chi connectivity index (χ2n) is 6.48. The zero-order valence-corrected chi connectivity index (χ0v) is 19.7. The summed E-state index contributed by atoms with van der Waals surface area (Å²) in [6, 6.07) is 6.33. The molecule has 0 saturated carbocycles. The number of allylic oxidation sites excluding steroid dienone is 4. The van der Waals surface area contributed by atoms with Crippen LogP contribution in [0.5, 0.6) is 0 Å². The fourth-order valence-electron chi connectivity index (χ4n) is 2.45. The predicted octanol–water partition coefficient (Wildman–Crippen LogP) is 5.20. The quantitative estimate of drug-likeness (QED) is 0.476. The van der Waals surface area contributed by atoms with Crippen LogP contribution in [0.4, 0.5) is 0 Å². The second-order valence-corrected chi connectivity index (χ2v) is 9.59. The summed E-state index contributed by atoms with van der Waals surface area (Å²) >= 11 is 1.59. The first-order chi connectivity index (χ1) is 13.7. The van der Waals surface area contributed by atoms with Crippen molar-refractivity contribution in [2.24, 2.45) is 5.14 Å². The van der Waals surface area contributed by atoms with Gasteiger partial charge in [0.1, 0.15) is 0 Å².